The van der Waals surface area contributed by atoms with Crippen LogP contribution in [0, 0.1) is 12.3 Å². The molecule has 1 atom stereocenters. The van der Waals surface area contributed by atoms with Crippen LogP contribution in [0.15, 0.2) is 24.3 Å². The molecule has 0 spiro atoms. The van der Waals surface area contributed by atoms with Crippen LogP contribution < -0.4 is 21.1 Å². The number of ether oxygens (including phenoxy) is 4. The molecular formula is C20H31N3O5. The van der Waals surface area contributed by atoms with Crippen molar-refractivity contribution < 1.29 is 23.7 Å². The second-order valence-corrected chi connectivity index (χ2v) is 5.83. The number of terminal acetylenes is 1. The summed E-state index contributed by atoms with van der Waals surface area (Å²) in [4.78, 5) is 12.0. The van der Waals surface area contributed by atoms with Gasteiger partial charge < -0.3 is 35.3 Å². The average Bonchev–Trinajstić information content (AvgIpc) is 2.71. The minimum absolute atomic E-state index is 0.150. The number of carbonyl (C=O) groups is 1. The van der Waals surface area contributed by atoms with Crippen molar-refractivity contribution in [2.45, 2.75) is 12.6 Å². The van der Waals surface area contributed by atoms with E-state index in [2.05, 4.69) is 16.6 Å². The predicted molar refractivity (Wildman–Crippen MR) is 107 cm³/mol. The lowest BCUT2D eigenvalue weighted by atomic mass is 10.2. The van der Waals surface area contributed by atoms with Crippen molar-refractivity contribution in [1.29, 1.82) is 0 Å². The lowest BCUT2D eigenvalue weighted by Gasteiger charge is -2.15. The van der Waals surface area contributed by atoms with E-state index in [0.717, 1.165) is 6.42 Å². The number of nitrogens with one attached hydrogen (secondary N) is 2. The zero-order chi connectivity index (χ0) is 20.5. The summed E-state index contributed by atoms with van der Waals surface area (Å²) >= 11 is 0. The Morgan fingerprint density at radius 3 is 2.82 bits per heavy atom. The largest absolute Gasteiger partial charge is 0.489 e. The Hall–Kier alpha value is -2.15. The number of benzene rings is 1. The molecular weight excluding hydrogens is 362 g/mol. The minimum Gasteiger partial charge on any atom is -0.489 e. The van der Waals surface area contributed by atoms with E-state index in [-0.39, 0.29) is 12.5 Å². The van der Waals surface area contributed by atoms with E-state index < -0.39 is 6.23 Å². The van der Waals surface area contributed by atoms with E-state index in [1.54, 1.807) is 24.3 Å². The summed E-state index contributed by atoms with van der Waals surface area (Å²) < 4.78 is 21.6. The second kappa shape index (κ2) is 15.9. The third-order valence-corrected chi connectivity index (χ3v) is 3.49. The summed E-state index contributed by atoms with van der Waals surface area (Å²) in [6.45, 7) is 3.70. The smallest absolute Gasteiger partial charge is 0.251 e. The molecule has 1 amide bonds. The molecule has 0 aliphatic rings. The number of amides is 1. The molecule has 0 aliphatic heterocycles. The molecule has 0 heterocycles. The van der Waals surface area contributed by atoms with Gasteiger partial charge in [-0.3, -0.25) is 4.79 Å². The lowest BCUT2D eigenvalue weighted by molar-refractivity contribution is -0.0139. The van der Waals surface area contributed by atoms with Gasteiger partial charge in [0, 0.05) is 25.3 Å². The molecule has 0 radical (unpaired) electrons. The Balaban J connectivity index is 2.16. The van der Waals surface area contributed by atoms with Crippen LogP contribution in [0.2, 0.25) is 0 Å². The highest BCUT2D eigenvalue weighted by Crippen LogP contribution is 2.13. The van der Waals surface area contributed by atoms with Gasteiger partial charge in [0.15, 0.2) is 0 Å². The van der Waals surface area contributed by atoms with E-state index >= 15 is 0 Å². The first kappa shape index (κ1) is 23.9. The fraction of sp³-hybridized carbons (Fsp3) is 0.550. The van der Waals surface area contributed by atoms with Gasteiger partial charge in [-0.15, -0.1) is 6.42 Å². The third kappa shape index (κ3) is 11.5. The van der Waals surface area contributed by atoms with Gasteiger partial charge in [-0.1, -0.05) is 12.0 Å². The van der Waals surface area contributed by atoms with Crippen molar-refractivity contribution in [3.8, 4) is 18.1 Å². The Kier molecular flexibility index (Phi) is 13.5. The van der Waals surface area contributed by atoms with Crippen molar-refractivity contribution in [1.82, 2.24) is 10.6 Å². The summed E-state index contributed by atoms with van der Waals surface area (Å²) in [7, 11) is 1.83. The molecule has 0 aliphatic carbocycles. The van der Waals surface area contributed by atoms with Gasteiger partial charge >= 0.3 is 0 Å². The number of carbonyl (C=O) groups excluding carboxylic acids is 1. The van der Waals surface area contributed by atoms with Crippen LogP contribution in [-0.4, -0.2) is 71.9 Å². The summed E-state index contributed by atoms with van der Waals surface area (Å²) in [6, 6.07) is 6.93. The van der Waals surface area contributed by atoms with Crippen LogP contribution in [0.4, 0.5) is 0 Å². The molecule has 8 heteroatoms. The van der Waals surface area contributed by atoms with Crippen LogP contribution in [0.5, 0.6) is 5.75 Å². The number of likely N-dealkylation sites (N-methyl/N-ethyl adjacent to an activating group) is 1. The molecule has 0 aromatic heterocycles. The average molecular weight is 393 g/mol. The van der Waals surface area contributed by atoms with Gasteiger partial charge in [0.1, 0.15) is 25.2 Å². The number of hydrogen-bond acceptors (Lipinski definition) is 7. The SMILES string of the molecule is C#CCOCCCOCCOC(N)COc1cccc(C(=O)NCCNC)c1. The Morgan fingerprint density at radius 1 is 1.21 bits per heavy atom. The van der Waals surface area contributed by atoms with Crippen molar-refractivity contribution in [3.05, 3.63) is 29.8 Å². The zero-order valence-corrected chi connectivity index (χ0v) is 16.4. The number of rotatable bonds is 16. The molecule has 1 aromatic rings. The first-order valence-corrected chi connectivity index (χ1v) is 9.29. The second-order valence-electron chi connectivity index (χ2n) is 5.83. The van der Waals surface area contributed by atoms with E-state index in [4.69, 9.17) is 31.1 Å². The molecule has 0 saturated carbocycles. The molecule has 4 N–H and O–H groups in total. The van der Waals surface area contributed by atoms with Crippen LogP contribution >= 0.6 is 0 Å². The fourth-order valence-corrected chi connectivity index (χ4v) is 2.11. The van der Waals surface area contributed by atoms with Gasteiger partial charge in [0.05, 0.1) is 19.8 Å². The Morgan fingerprint density at radius 2 is 2.04 bits per heavy atom. The first-order chi connectivity index (χ1) is 13.7. The lowest BCUT2D eigenvalue weighted by Crippen LogP contribution is -2.32. The third-order valence-electron chi connectivity index (χ3n) is 3.49. The molecule has 156 valence electrons. The monoisotopic (exact) mass is 393 g/mol. The maximum absolute atomic E-state index is 12.0. The minimum atomic E-state index is -0.587. The van der Waals surface area contributed by atoms with E-state index in [0.29, 0.717) is 57.4 Å². The molecule has 0 bridgehead atoms. The predicted octanol–water partition coefficient (Wildman–Crippen LogP) is 0.373. The Labute approximate surface area is 167 Å². The quantitative estimate of drug-likeness (QED) is 0.212. The molecule has 0 fully saturated rings. The molecule has 1 aromatic carbocycles. The van der Waals surface area contributed by atoms with E-state index in [9.17, 15) is 4.79 Å². The van der Waals surface area contributed by atoms with Crippen LogP contribution in [0.1, 0.15) is 16.8 Å². The molecule has 8 nitrogen and oxygen atoms in total. The normalized spacial score (nSPS) is 11.6. The van der Waals surface area contributed by atoms with Gasteiger partial charge in [0.25, 0.3) is 5.91 Å². The van der Waals surface area contributed by atoms with Crippen molar-refractivity contribution in [3.63, 3.8) is 0 Å². The molecule has 0 saturated heterocycles. The summed E-state index contributed by atoms with van der Waals surface area (Å²) in [5.41, 5.74) is 6.40. The van der Waals surface area contributed by atoms with Gasteiger partial charge in [-0.05, 0) is 31.7 Å². The summed E-state index contributed by atoms with van der Waals surface area (Å²) in [5.74, 6) is 2.81. The molecule has 1 rings (SSSR count). The topological polar surface area (TPSA) is 104 Å². The summed E-state index contributed by atoms with van der Waals surface area (Å²) in [6.07, 6.45) is 5.26. The Bertz CT molecular complexity index is 591. The van der Waals surface area contributed by atoms with Crippen LogP contribution in [0.3, 0.4) is 0 Å². The fourth-order valence-electron chi connectivity index (χ4n) is 2.11. The zero-order valence-electron chi connectivity index (χ0n) is 16.4. The maximum atomic E-state index is 12.0. The van der Waals surface area contributed by atoms with E-state index in [1.807, 2.05) is 7.05 Å². The highest BCUT2D eigenvalue weighted by molar-refractivity contribution is 5.94. The molecule has 1 unspecified atom stereocenters. The van der Waals surface area contributed by atoms with Crippen molar-refractivity contribution in [2.75, 3.05) is 59.8 Å². The highest BCUT2D eigenvalue weighted by Gasteiger charge is 2.08. The maximum Gasteiger partial charge on any atom is 0.251 e. The highest BCUT2D eigenvalue weighted by atomic mass is 16.6. The van der Waals surface area contributed by atoms with Crippen LogP contribution in [0.25, 0.3) is 0 Å². The van der Waals surface area contributed by atoms with Gasteiger partial charge in [0.2, 0.25) is 0 Å². The number of nitrogens with two attached hydrogens (primary N) is 1. The van der Waals surface area contributed by atoms with Crippen molar-refractivity contribution >= 4 is 5.91 Å². The van der Waals surface area contributed by atoms with Crippen LogP contribution in [-0.2, 0) is 14.2 Å². The summed E-state index contributed by atoms with van der Waals surface area (Å²) in [5, 5.41) is 5.78. The van der Waals surface area contributed by atoms with E-state index in [1.165, 1.54) is 0 Å². The first-order valence-electron chi connectivity index (χ1n) is 9.29. The van der Waals surface area contributed by atoms with Gasteiger partial charge in [-0.25, -0.2) is 0 Å². The van der Waals surface area contributed by atoms with Gasteiger partial charge in [-0.2, -0.15) is 0 Å². The molecule has 28 heavy (non-hydrogen) atoms. The number of hydrogen-bond donors (Lipinski definition) is 3. The standard InChI is InChI=1S/C20H31N3O5/c1-3-10-25-11-5-12-26-13-14-27-19(21)16-28-18-7-4-6-17(15-18)20(24)23-9-8-22-2/h1,4,6-7,15,19,22H,5,8-14,16,21H2,2H3,(H,23,24). The van der Waals surface area contributed by atoms with Crippen molar-refractivity contribution in [2.24, 2.45) is 5.73 Å².